The van der Waals surface area contributed by atoms with Crippen molar-refractivity contribution in [1.82, 2.24) is 25.9 Å². The highest BCUT2D eigenvalue weighted by atomic mass is 16.5. The van der Waals surface area contributed by atoms with E-state index in [1.165, 1.54) is 4.68 Å². The number of ether oxygens (including phenoxy) is 2. The topological polar surface area (TPSA) is 124 Å². The van der Waals surface area contributed by atoms with Crippen molar-refractivity contribution in [3.05, 3.63) is 41.2 Å². The van der Waals surface area contributed by atoms with Gasteiger partial charge in [-0.3, -0.25) is 29.9 Å². The molecule has 0 aliphatic carbocycles. The highest BCUT2D eigenvalue weighted by molar-refractivity contribution is 5.97. The predicted octanol–water partition coefficient (Wildman–Crippen LogP) is 0.875. The molecule has 0 atom stereocenters. The van der Waals surface area contributed by atoms with Crippen molar-refractivity contribution < 1.29 is 23.9 Å². The van der Waals surface area contributed by atoms with Crippen LogP contribution in [-0.4, -0.2) is 47.3 Å². The van der Waals surface area contributed by atoms with E-state index in [-0.39, 0.29) is 13.1 Å². The highest BCUT2D eigenvalue weighted by Gasteiger charge is 2.13. The number of hydrogen-bond donors (Lipinski definition) is 3. The molecule has 1 aromatic carbocycles. The van der Waals surface area contributed by atoms with Gasteiger partial charge in [-0.05, 0) is 52.0 Å². The third-order valence-corrected chi connectivity index (χ3v) is 3.95. The summed E-state index contributed by atoms with van der Waals surface area (Å²) in [6.45, 7) is 7.89. The summed E-state index contributed by atoms with van der Waals surface area (Å²) in [5, 5.41) is 6.66. The van der Waals surface area contributed by atoms with E-state index in [2.05, 4.69) is 21.3 Å². The van der Waals surface area contributed by atoms with E-state index in [1.54, 1.807) is 18.2 Å². The fourth-order valence-corrected chi connectivity index (χ4v) is 2.65. The van der Waals surface area contributed by atoms with Gasteiger partial charge in [0, 0.05) is 11.3 Å². The molecule has 3 amide bonds. The molecule has 10 heteroatoms. The lowest BCUT2D eigenvalue weighted by Crippen LogP contribution is -2.47. The molecule has 162 valence electrons. The van der Waals surface area contributed by atoms with Crippen LogP contribution in [0.2, 0.25) is 0 Å². The minimum absolute atomic E-state index is 0.0291. The Labute approximate surface area is 174 Å². The van der Waals surface area contributed by atoms with Crippen molar-refractivity contribution in [3.8, 4) is 11.5 Å². The second-order valence-electron chi connectivity index (χ2n) is 6.39. The van der Waals surface area contributed by atoms with Crippen LogP contribution in [0.1, 0.15) is 35.6 Å². The zero-order valence-electron chi connectivity index (χ0n) is 17.6. The number of carbonyl (C=O) groups excluding carboxylic acids is 3. The number of aromatic nitrogens is 2. The summed E-state index contributed by atoms with van der Waals surface area (Å²) in [6, 6.07) is 6.62. The number of nitrogens with zero attached hydrogens (tertiary/aromatic N) is 2. The van der Waals surface area contributed by atoms with Crippen molar-refractivity contribution in [2.75, 3.05) is 19.8 Å². The van der Waals surface area contributed by atoms with Gasteiger partial charge in [-0.1, -0.05) is 0 Å². The molecule has 0 aliphatic heterocycles. The molecule has 0 saturated heterocycles. The fourth-order valence-electron chi connectivity index (χ4n) is 2.65. The van der Waals surface area contributed by atoms with Gasteiger partial charge in [-0.15, -0.1) is 0 Å². The van der Waals surface area contributed by atoms with E-state index < -0.39 is 17.7 Å². The van der Waals surface area contributed by atoms with E-state index in [9.17, 15) is 14.4 Å². The fraction of sp³-hybridized carbons (Fsp3) is 0.400. The third kappa shape index (κ3) is 6.50. The van der Waals surface area contributed by atoms with Gasteiger partial charge in [-0.25, -0.2) is 0 Å². The smallest absolute Gasteiger partial charge is 0.260 e. The Morgan fingerprint density at radius 3 is 2.27 bits per heavy atom. The van der Waals surface area contributed by atoms with Crippen molar-refractivity contribution in [2.45, 2.75) is 34.2 Å². The summed E-state index contributed by atoms with van der Waals surface area (Å²) in [7, 11) is 0. The summed E-state index contributed by atoms with van der Waals surface area (Å²) >= 11 is 0. The van der Waals surface area contributed by atoms with Crippen molar-refractivity contribution in [2.24, 2.45) is 0 Å². The summed E-state index contributed by atoms with van der Waals surface area (Å²) < 4.78 is 12.5. The zero-order chi connectivity index (χ0) is 22.1. The van der Waals surface area contributed by atoms with E-state index in [0.717, 1.165) is 11.4 Å². The van der Waals surface area contributed by atoms with Crippen LogP contribution in [0.25, 0.3) is 0 Å². The van der Waals surface area contributed by atoms with Crippen molar-refractivity contribution in [1.29, 1.82) is 0 Å². The Morgan fingerprint density at radius 2 is 1.63 bits per heavy atom. The van der Waals surface area contributed by atoms with Gasteiger partial charge in [0.15, 0.2) is 11.5 Å². The predicted molar refractivity (Wildman–Crippen MR) is 109 cm³/mol. The van der Waals surface area contributed by atoms with E-state index >= 15 is 0 Å². The molecule has 0 unspecified atom stereocenters. The third-order valence-electron chi connectivity index (χ3n) is 3.95. The second-order valence-corrected chi connectivity index (χ2v) is 6.39. The molecule has 0 aliphatic rings. The summed E-state index contributed by atoms with van der Waals surface area (Å²) in [4.78, 5) is 36.1. The molecule has 2 aromatic rings. The standard InChI is InChI=1S/C20H27N5O5/c1-5-29-16-8-7-15(10-17(16)30-6-2)20(28)21-11-18(26)22-23-19(27)12-25-14(4)9-13(3)24-25/h7-10H,5-6,11-12H2,1-4H3,(H,21,28)(H,22,26)(H,23,27). The number of carbonyl (C=O) groups is 3. The Hall–Kier alpha value is -3.56. The second kappa shape index (κ2) is 10.8. The molecule has 1 aromatic heterocycles. The van der Waals surface area contributed by atoms with E-state index in [1.807, 2.05) is 33.8 Å². The van der Waals surface area contributed by atoms with Gasteiger partial charge in [-0.2, -0.15) is 5.10 Å². The van der Waals surface area contributed by atoms with Gasteiger partial charge >= 0.3 is 0 Å². The number of nitrogens with one attached hydrogen (secondary N) is 3. The Kier molecular flexibility index (Phi) is 8.21. The molecule has 10 nitrogen and oxygen atoms in total. The van der Waals surface area contributed by atoms with Crippen molar-refractivity contribution in [3.63, 3.8) is 0 Å². The maximum atomic E-state index is 12.3. The first-order valence-corrected chi connectivity index (χ1v) is 9.60. The molecular weight excluding hydrogens is 390 g/mol. The molecule has 3 N–H and O–H groups in total. The summed E-state index contributed by atoms with van der Waals surface area (Å²) in [5.74, 6) is -0.468. The van der Waals surface area contributed by atoms with E-state index in [0.29, 0.717) is 30.3 Å². The Morgan fingerprint density at radius 1 is 0.967 bits per heavy atom. The summed E-state index contributed by atoms with van der Waals surface area (Å²) in [6.07, 6.45) is 0. The van der Waals surface area contributed by atoms with Gasteiger partial charge < -0.3 is 14.8 Å². The average Bonchev–Trinajstić information content (AvgIpc) is 3.02. The molecule has 0 saturated carbocycles. The van der Waals surface area contributed by atoms with Gasteiger partial charge in [0.25, 0.3) is 17.7 Å². The number of hydrogen-bond acceptors (Lipinski definition) is 6. The van der Waals surface area contributed by atoms with E-state index in [4.69, 9.17) is 9.47 Å². The Bertz CT molecular complexity index is 909. The first kappa shape index (κ1) is 22.7. The molecule has 0 fully saturated rings. The Balaban J connectivity index is 1.82. The maximum Gasteiger partial charge on any atom is 0.260 e. The van der Waals surface area contributed by atoms with Crippen LogP contribution in [-0.2, 0) is 16.1 Å². The lowest BCUT2D eigenvalue weighted by atomic mass is 10.2. The average molecular weight is 417 g/mol. The first-order valence-electron chi connectivity index (χ1n) is 9.60. The number of benzene rings is 1. The first-order chi connectivity index (χ1) is 14.3. The van der Waals surface area contributed by atoms with Crippen LogP contribution in [0.15, 0.2) is 24.3 Å². The summed E-state index contributed by atoms with van der Waals surface area (Å²) in [5.41, 5.74) is 6.50. The number of hydrazine groups is 1. The molecule has 2 rings (SSSR count). The lowest BCUT2D eigenvalue weighted by Gasteiger charge is -2.12. The molecule has 30 heavy (non-hydrogen) atoms. The molecule has 0 bridgehead atoms. The maximum absolute atomic E-state index is 12.3. The highest BCUT2D eigenvalue weighted by Crippen LogP contribution is 2.28. The number of rotatable bonds is 9. The number of amides is 3. The van der Waals surface area contributed by atoms with Crippen LogP contribution in [0.3, 0.4) is 0 Å². The van der Waals surface area contributed by atoms with Crippen LogP contribution in [0.5, 0.6) is 11.5 Å². The van der Waals surface area contributed by atoms with Gasteiger partial charge in [0.1, 0.15) is 6.54 Å². The molecule has 0 radical (unpaired) electrons. The largest absolute Gasteiger partial charge is 0.490 e. The molecule has 0 spiro atoms. The minimum Gasteiger partial charge on any atom is -0.490 e. The normalized spacial score (nSPS) is 10.3. The van der Waals surface area contributed by atoms with Gasteiger partial charge in [0.2, 0.25) is 0 Å². The van der Waals surface area contributed by atoms with Crippen LogP contribution in [0, 0.1) is 13.8 Å². The van der Waals surface area contributed by atoms with Crippen LogP contribution >= 0.6 is 0 Å². The zero-order valence-corrected chi connectivity index (χ0v) is 17.6. The van der Waals surface area contributed by atoms with Crippen LogP contribution in [0.4, 0.5) is 0 Å². The van der Waals surface area contributed by atoms with Crippen LogP contribution < -0.4 is 25.6 Å². The molecule has 1 heterocycles. The lowest BCUT2D eigenvalue weighted by molar-refractivity contribution is -0.128. The van der Waals surface area contributed by atoms with Gasteiger partial charge in [0.05, 0.1) is 25.5 Å². The minimum atomic E-state index is -0.568. The number of aryl methyl sites for hydroxylation is 2. The quantitative estimate of drug-likeness (QED) is 0.520. The SMILES string of the molecule is CCOc1ccc(C(=O)NCC(=O)NNC(=O)Cn2nc(C)cc2C)cc1OCC. The monoisotopic (exact) mass is 417 g/mol. The van der Waals surface area contributed by atoms with Crippen molar-refractivity contribution >= 4 is 17.7 Å². The molecular formula is C20H27N5O5.